The molecule has 1 amide bonds. The molecule has 0 saturated carbocycles. The van der Waals surface area contributed by atoms with Crippen molar-refractivity contribution in [1.82, 2.24) is 4.98 Å². The summed E-state index contributed by atoms with van der Waals surface area (Å²) in [7, 11) is 0. The van der Waals surface area contributed by atoms with Gasteiger partial charge >= 0.3 is 0 Å². The number of fused-ring (bicyclic) bond motifs is 1. The van der Waals surface area contributed by atoms with Gasteiger partial charge in [0.1, 0.15) is 0 Å². The van der Waals surface area contributed by atoms with Crippen LogP contribution in [-0.2, 0) is 11.2 Å². The van der Waals surface area contributed by atoms with Gasteiger partial charge in [0, 0.05) is 29.9 Å². The van der Waals surface area contributed by atoms with Crippen molar-refractivity contribution in [2.45, 2.75) is 20.3 Å². The Morgan fingerprint density at radius 1 is 1.12 bits per heavy atom. The lowest BCUT2D eigenvalue weighted by molar-refractivity contribution is -0.114. The second-order valence-electron chi connectivity index (χ2n) is 5.56. The van der Waals surface area contributed by atoms with Crippen LogP contribution in [0, 0.1) is 0 Å². The summed E-state index contributed by atoms with van der Waals surface area (Å²) in [5, 5.41) is 7.74. The van der Waals surface area contributed by atoms with Crippen LogP contribution in [0.2, 0.25) is 5.02 Å². The molecule has 4 nitrogen and oxygen atoms in total. The number of amides is 1. The van der Waals surface area contributed by atoms with Crippen LogP contribution in [0.15, 0.2) is 48.7 Å². The highest BCUT2D eigenvalue weighted by molar-refractivity contribution is 6.33. The molecule has 122 valence electrons. The monoisotopic (exact) mass is 339 g/mol. The molecule has 1 aromatic heterocycles. The van der Waals surface area contributed by atoms with Crippen molar-refractivity contribution >= 4 is 45.5 Å². The van der Waals surface area contributed by atoms with Crippen LogP contribution in [0.3, 0.4) is 0 Å². The van der Waals surface area contributed by atoms with Crippen LogP contribution in [0.25, 0.3) is 10.9 Å². The Morgan fingerprint density at radius 3 is 2.71 bits per heavy atom. The van der Waals surface area contributed by atoms with Crippen molar-refractivity contribution < 1.29 is 4.79 Å². The Kier molecular flexibility index (Phi) is 4.67. The molecule has 0 atom stereocenters. The number of carbonyl (C=O) groups is 1. The van der Waals surface area contributed by atoms with Crippen molar-refractivity contribution in [2.75, 3.05) is 10.6 Å². The molecule has 0 aliphatic rings. The van der Waals surface area contributed by atoms with Crippen LogP contribution in [-0.4, -0.2) is 10.9 Å². The number of aryl methyl sites for hydroxylation is 1. The maximum Gasteiger partial charge on any atom is 0.221 e. The van der Waals surface area contributed by atoms with Crippen LogP contribution in [0.1, 0.15) is 19.4 Å². The maximum atomic E-state index is 11.2. The first-order valence-corrected chi connectivity index (χ1v) is 8.16. The van der Waals surface area contributed by atoms with E-state index in [2.05, 4.69) is 34.7 Å². The summed E-state index contributed by atoms with van der Waals surface area (Å²) in [5.74, 6) is -0.120. The molecule has 24 heavy (non-hydrogen) atoms. The Bertz CT molecular complexity index is 908. The number of hydrogen-bond donors (Lipinski definition) is 2. The van der Waals surface area contributed by atoms with E-state index in [4.69, 9.17) is 11.6 Å². The summed E-state index contributed by atoms with van der Waals surface area (Å²) in [6, 6.07) is 13.5. The summed E-state index contributed by atoms with van der Waals surface area (Å²) in [5.41, 5.74) is 4.53. The molecular weight excluding hydrogens is 322 g/mol. The predicted octanol–water partition coefficient (Wildman–Crippen LogP) is 5.15. The lowest BCUT2D eigenvalue weighted by Crippen LogP contribution is -2.06. The minimum absolute atomic E-state index is 0.120. The molecule has 0 bridgehead atoms. The average molecular weight is 340 g/mol. The minimum atomic E-state index is -0.120. The SMILES string of the molecule is CCc1ccc2nccc(Nc3cc(NC(C)=O)ccc3Cl)c2c1. The molecule has 0 spiro atoms. The molecule has 0 unspecified atom stereocenters. The molecule has 0 aliphatic carbocycles. The van der Waals surface area contributed by atoms with Crippen LogP contribution in [0.5, 0.6) is 0 Å². The number of halogens is 1. The van der Waals surface area contributed by atoms with Crippen molar-refractivity contribution in [1.29, 1.82) is 0 Å². The first-order valence-electron chi connectivity index (χ1n) is 7.78. The fourth-order valence-electron chi connectivity index (χ4n) is 2.57. The molecule has 3 aromatic rings. The van der Waals surface area contributed by atoms with E-state index in [0.717, 1.165) is 28.7 Å². The molecular formula is C19H18ClN3O. The van der Waals surface area contributed by atoms with E-state index in [9.17, 15) is 4.79 Å². The minimum Gasteiger partial charge on any atom is -0.354 e. The predicted molar refractivity (Wildman–Crippen MR) is 100 cm³/mol. The van der Waals surface area contributed by atoms with Gasteiger partial charge in [0.25, 0.3) is 0 Å². The molecule has 0 radical (unpaired) electrons. The van der Waals surface area contributed by atoms with Crippen molar-refractivity contribution in [2.24, 2.45) is 0 Å². The number of nitrogens with one attached hydrogen (secondary N) is 2. The van der Waals surface area contributed by atoms with Gasteiger partial charge in [0.15, 0.2) is 0 Å². The van der Waals surface area contributed by atoms with E-state index < -0.39 is 0 Å². The highest BCUT2D eigenvalue weighted by atomic mass is 35.5. The van der Waals surface area contributed by atoms with Crippen molar-refractivity contribution in [3.8, 4) is 0 Å². The third kappa shape index (κ3) is 3.49. The number of pyridine rings is 1. The van der Waals surface area contributed by atoms with E-state index in [1.54, 1.807) is 18.3 Å². The summed E-state index contributed by atoms with van der Waals surface area (Å²) in [6.07, 6.45) is 2.73. The quantitative estimate of drug-likeness (QED) is 0.691. The number of aromatic nitrogens is 1. The van der Waals surface area contributed by atoms with Crippen LogP contribution < -0.4 is 10.6 Å². The van der Waals surface area contributed by atoms with Gasteiger partial charge < -0.3 is 10.6 Å². The fraction of sp³-hybridized carbons (Fsp3) is 0.158. The number of benzene rings is 2. The van der Waals surface area contributed by atoms with Gasteiger partial charge in [-0.2, -0.15) is 0 Å². The lowest BCUT2D eigenvalue weighted by atomic mass is 10.1. The number of anilines is 3. The summed E-state index contributed by atoms with van der Waals surface area (Å²) >= 11 is 6.30. The lowest BCUT2D eigenvalue weighted by Gasteiger charge is -2.13. The molecule has 1 heterocycles. The Balaban J connectivity index is 2.02. The third-order valence-corrected chi connectivity index (χ3v) is 4.10. The number of nitrogens with zero attached hydrogens (tertiary/aromatic N) is 1. The van der Waals surface area contributed by atoms with E-state index >= 15 is 0 Å². The van der Waals surface area contributed by atoms with Gasteiger partial charge in [-0.25, -0.2) is 0 Å². The zero-order chi connectivity index (χ0) is 17.1. The second-order valence-corrected chi connectivity index (χ2v) is 5.97. The van der Waals surface area contributed by atoms with E-state index in [0.29, 0.717) is 10.7 Å². The van der Waals surface area contributed by atoms with Crippen molar-refractivity contribution in [3.05, 3.63) is 59.2 Å². The van der Waals surface area contributed by atoms with Gasteiger partial charge in [0.05, 0.1) is 16.2 Å². The summed E-state index contributed by atoms with van der Waals surface area (Å²) in [4.78, 5) is 15.6. The number of rotatable bonds is 4. The molecule has 2 aromatic carbocycles. The highest BCUT2D eigenvalue weighted by Gasteiger charge is 2.07. The summed E-state index contributed by atoms with van der Waals surface area (Å²) < 4.78 is 0. The van der Waals surface area contributed by atoms with E-state index in [1.807, 2.05) is 18.2 Å². The topological polar surface area (TPSA) is 54.0 Å². The highest BCUT2D eigenvalue weighted by Crippen LogP contribution is 2.31. The van der Waals surface area contributed by atoms with Crippen LogP contribution >= 0.6 is 11.6 Å². The molecule has 2 N–H and O–H groups in total. The van der Waals surface area contributed by atoms with E-state index in [-0.39, 0.29) is 5.91 Å². The Hall–Kier alpha value is -2.59. The Labute approximate surface area is 145 Å². The molecule has 0 aliphatic heterocycles. The Morgan fingerprint density at radius 2 is 1.96 bits per heavy atom. The average Bonchev–Trinajstić information content (AvgIpc) is 2.57. The summed E-state index contributed by atoms with van der Waals surface area (Å²) in [6.45, 7) is 3.60. The molecule has 3 rings (SSSR count). The normalized spacial score (nSPS) is 10.6. The first-order chi connectivity index (χ1) is 11.6. The van der Waals surface area contributed by atoms with Crippen LogP contribution in [0.4, 0.5) is 17.1 Å². The molecule has 5 heteroatoms. The zero-order valence-electron chi connectivity index (χ0n) is 13.6. The smallest absolute Gasteiger partial charge is 0.221 e. The fourth-order valence-corrected chi connectivity index (χ4v) is 2.73. The van der Waals surface area contributed by atoms with Gasteiger partial charge in [-0.05, 0) is 48.4 Å². The molecule has 0 saturated heterocycles. The number of hydrogen-bond acceptors (Lipinski definition) is 3. The van der Waals surface area contributed by atoms with Gasteiger partial charge in [-0.15, -0.1) is 0 Å². The maximum absolute atomic E-state index is 11.2. The first kappa shape index (κ1) is 16.3. The molecule has 0 fully saturated rings. The van der Waals surface area contributed by atoms with Crippen molar-refractivity contribution in [3.63, 3.8) is 0 Å². The van der Waals surface area contributed by atoms with Gasteiger partial charge in [0.2, 0.25) is 5.91 Å². The third-order valence-electron chi connectivity index (χ3n) is 3.77. The zero-order valence-corrected chi connectivity index (χ0v) is 14.3. The largest absolute Gasteiger partial charge is 0.354 e. The van der Waals surface area contributed by atoms with Gasteiger partial charge in [-0.1, -0.05) is 24.6 Å². The van der Waals surface area contributed by atoms with E-state index in [1.165, 1.54) is 12.5 Å². The second kappa shape index (κ2) is 6.89. The standard InChI is InChI=1S/C19H18ClN3O/c1-3-13-4-7-17-15(10-13)18(8-9-21-17)23-19-11-14(22-12(2)24)5-6-16(19)20/h4-11H,3H2,1-2H3,(H,21,23)(H,22,24). The van der Waals surface area contributed by atoms with Gasteiger partial charge in [-0.3, -0.25) is 9.78 Å². The number of carbonyl (C=O) groups excluding carboxylic acids is 1.